The number of fused-ring (bicyclic) bond motifs is 1. The fraction of sp³-hybridized carbons (Fsp3) is 0.316. The molecule has 1 unspecified atom stereocenters. The minimum Gasteiger partial charge on any atom is -0.334 e. The monoisotopic (exact) mass is 335 g/mol. The Morgan fingerprint density at radius 2 is 2.08 bits per heavy atom. The fourth-order valence-electron chi connectivity index (χ4n) is 3.31. The number of imidazole rings is 1. The third-order valence-corrected chi connectivity index (χ3v) is 4.64. The molecule has 1 aliphatic rings. The number of aryl methyl sites for hydroxylation is 1. The zero-order valence-electron chi connectivity index (χ0n) is 14.4. The lowest BCUT2D eigenvalue weighted by Gasteiger charge is -2.29. The third kappa shape index (κ3) is 2.63. The molecule has 4 rings (SSSR count). The van der Waals surface area contributed by atoms with Crippen LogP contribution in [0.4, 0.5) is 5.95 Å². The van der Waals surface area contributed by atoms with E-state index >= 15 is 0 Å². The first-order valence-corrected chi connectivity index (χ1v) is 8.69. The number of hydrogen-bond acceptors (Lipinski definition) is 4. The van der Waals surface area contributed by atoms with Crippen molar-refractivity contribution in [2.24, 2.45) is 0 Å². The van der Waals surface area contributed by atoms with E-state index in [-0.39, 0.29) is 11.6 Å². The number of H-pyrrole nitrogens is 1. The van der Waals surface area contributed by atoms with Crippen LogP contribution in [0.25, 0.3) is 16.9 Å². The van der Waals surface area contributed by atoms with E-state index in [0.29, 0.717) is 17.8 Å². The van der Waals surface area contributed by atoms with Crippen LogP contribution < -0.4 is 10.5 Å². The van der Waals surface area contributed by atoms with E-state index in [2.05, 4.69) is 29.0 Å². The summed E-state index contributed by atoms with van der Waals surface area (Å²) in [7, 11) is 0. The molecule has 6 nitrogen and oxygen atoms in total. The van der Waals surface area contributed by atoms with Gasteiger partial charge in [0.2, 0.25) is 5.95 Å². The van der Waals surface area contributed by atoms with Crippen LogP contribution in [0.5, 0.6) is 0 Å². The number of nitrogens with zero attached hydrogens (tertiary/aromatic N) is 4. The van der Waals surface area contributed by atoms with Crippen LogP contribution in [0.2, 0.25) is 0 Å². The van der Waals surface area contributed by atoms with E-state index in [9.17, 15) is 4.79 Å². The van der Waals surface area contributed by atoms with Crippen molar-refractivity contribution in [3.8, 4) is 11.4 Å². The molecular weight excluding hydrogens is 314 g/mol. The largest absolute Gasteiger partial charge is 0.334 e. The van der Waals surface area contributed by atoms with Gasteiger partial charge < -0.3 is 9.88 Å². The van der Waals surface area contributed by atoms with Crippen molar-refractivity contribution in [1.82, 2.24) is 19.6 Å². The predicted molar refractivity (Wildman–Crippen MR) is 99.0 cm³/mol. The van der Waals surface area contributed by atoms with Gasteiger partial charge in [-0.25, -0.2) is 4.98 Å². The molecular formula is C19H21N5O. The van der Waals surface area contributed by atoms with Gasteiger partial charge in [0, 0.05) is 18.2 Å². The predicted octanol–water partition coefficient (Wildman–Crippen LogP) is 2.80. The molecule has 0 saturated heterocycles. The van der Waals surface area contributed by atoms with Crippen LogP contribution in [0.15, 0.2) is 47.3 Å². The van der Waals surface area contributed by atoms with Crippen molar-refractivity contribution in [2.45, 2.75) is 32.7 Å². The van der Waals surface area contributed by atoms with E-state index in [0.717, 1.165) is 30.2 Å². The Hall–Kier alpha value is -2.89. The van der Waals surface area contributed by atoms with Crippen molar-refractivity contribution in [3.63, 3.8) is 0 Å². The first kappa shape index (κ1) is 15.6. The molecule has 6 heteroatoms. The Kier molecular flexibility index (Phi) is 3.87. The lowest BCUT2D eigenvalue weighted by molar-refractivity contribution is 0.667. The molecule has 1 aliphatic heterocycles. The highest BCUT2D eigenvalue weighted by Crippen LogP contribution is 2.23. The molecule has 3 aromatic rings. The molecule has 0 aliphatic carbocycles. The molecule has 1 atom stereocenters. The molecule has 2 aromatic heterocycles. The highest BCUT2D eigenvalue weighted by molar-refractivity contribution is 5.61. The Labute approximate surface area is 145 Å². The van der Waals surface area contributed by atoms with Crippen LogP contribution in [0.3, 0.4) is 0 Å². The van der Waals surface area contributed by atoms with E-state index in [1.807, 2.05) is 37.3 Å². The van der Waals surface area contributed by atoms with Crippen LogP contribution in [0, 0.1) is 0 Å². The normalized spacial score (nSPS) is 17.4. The molecule has 1 aromatic carbocycles. The van der Waals surface area contributed by atoms with Gasteiger partial charge in [-0.15, -0.1) is 5.10 Å². The zero-order chi connectivity index (χ0) is 17.4. The highest BCUT2D eigenvalue weighted by Gasteiger charge is 2.24. The molecule has 0 saturated carbocycles. The number of anilines is 1. The third-order valence-electron chi connectivity index (χ3n) is 4.64. The number of aromatic nitrogens is 4. The van der Waals surface area contributed by atoms with Gasteiger partial charge in [-0.05, 0) is 19.8 Å². The van der Waals surface area contributed by atoms with Gasteiger partial charge in [0.1, 0.15) is 0 Å². The van der Waals surface area contributed by atoms with Gasteiger partial charge in [0.15, 0.2) is 11.3 Å². The summed E-state index contributed by atoms with van der Waals surface area (Å²) in [5.74, 6) is 1.30. The lowest BCUT2D eigenvalue weighted by Crippen LogP contribution is -2.36. The molecule has 0 radical (unpaired) electrons. The maximum atomic E-state index is 12.7. The number of nitrogens with one attached hydrogen (secondary N) is 1. The lowest BCUT2D eigenvalue weighted by atomic mass is 10.1. The van der Waals surface area contributed by atoms with Gasteiger partial charge >= 0.3 is 0 Å². The standard InChI is InChI=1S/C19H21N5O/c1-3-15-16-18(25)21-17(14-10-5-4-6-11-14)22-24(16)19(20-15)23-12-8-7-9-13(23)2/h4-7,9-11,13H,3,8,12H2,1-2H3,(H,21,22,25). The minimum atomic E-state index is -0.148. The first-order valence-electron chi connectivity index (χ1n) is 8.69. The Balaban J connectivity index is 1.96. The van der Waals surface area contributed by atoms with Crippen LogP contribution >= 0.6 is 0 Å². The summed E-state index contributed by atoms with van der Waals surface area (Å²) in [6.07, 6.45) is 6.02. The highest BCUT2D eigenvalue weighted by atomic mass is 16.1. The maximum absolute atomic E-state index is 12.7. The Morgan fingerprint density at radius 1 is 1.28 bits per heavy atom. The maximum Gasteiger partial charge on any atom is 0.277 e. The smallest absolute Gasteiger partial charge is 0.277 e. The summed E-state index contributed by atoms with van der Waals surface area (Å²) < 4.78 is 1.72. The quantitative estimate of drug-likeness (QED) is 0.748. The number of rotatable bonds is 3. The molecule has 25 heavy (non-hydrogen) atoms. The van der Waals surface area contributed by atoms with Crippen molar-refractivity contribution in [3.05, 3.63) is 58.5 Å². The van der Waals surface area contributed by atoms with Crippen molar-refractivity contribution in [2.75, 3.05) is 11.4 Å². The SMILES string of the molecule is CCc1nc(N2CCC=CC2C)n2nc(-c3ccccc3)[nH]c(=O)c12. The van der Waals surface area contributed by atoms with Gasteiger partial charge in [0.05, 0.1) is 5.69 Å². The van der Waals surface area contributed by atoms with Gasteiger partial charge in [-0.2, -0.15) is 4.52 Å². The molecule has 0 amide bonds. The van der Waals surface area contributed by atoms with Gasteiger partial charge in [-0.3, -0.25) is 4.79 Å². The van der Waals surface area contributed by atoms with Gasteiger partial charge in [-0.1, -0.05) is 49.4 Å². The van der Waals surface area contributed by atoms with Gasteiger partial charge in [0.25, 0.3) is 5.56 Å². The first-order chi connectivity index (χ1) is 12.2. The second-order valence-corrected chi connectivity index (χ2v) is 6.29. The minimum absolute atomic E-state index is 0.148. The molecule has 3 heterocycles. The Bertz CT molecular complexity index is 986. The van der Waals surface area contributed by atoms with Crippen LogP contribution in [-0.4, -0.2) is 32.2 Å². The molecule has 0 bridgehead atoms. The average molecular weight is 335 g/mol. The van der Waals surface area contributed by atoms with Crippen LogP contribution in [0.1, 0.15) is 26.0 Å². The molecule has 0 spiro atoms. The summed E-state index contributed by atoms with van der Waals surface area (Å²) >= 11 is 0. The van der Waals surface area contributed by atoms with E-state index in [4.69, 9.17) is 10.1 Å². The second kappa shape index (κ2) is 6.20. The fourth-order valence-corrected chi connectivity index (χ4v) is 3.31. The zero-order valence-corrected chi connectivity index (χ0v) is 14.4. The van der Waals surface area contributed by atoms with Crippen molar-refractivity contribution >= 4 is 11.5 Å². The van der Waals surface area contributed by atoms with Crippen LogP contribution in [-0.2, 0) is 6.42 Å². The summed E-state index contributed by atoms with van der Waals surface area (Å²) in [6.45, 7) is 5.01. The van der Waals surface area contributed by atoms with Crippen molar-refractivity contribution in [1.29, 1.82) is 0 Å². The molecule has 1 N–H and O–H groups in total. The average Bonchev–Trinajstić information content (AvgIpc) is 3.02. The van der Waals surface area contributed by atoms with E-state index in [1.54, 1.807) is 4.52 Å². The second-order valence-electron chi connectivity index (χ2n) is 6.29. The summed E-state index contributed by atoms with van der Waals surface area (Å²) in [5, 5.41) is 4.72. The summed E-state index contributed by atoms with van der Waals surface area (Å²) in [4.78, 5) is 22.6. The topological polar surface area (TPSA) is 66.3 Å². The van der Waals surface area contributed by atoms with E-state index < -0.39 is 0 Å². The number of hydrogen-bond donors (Lipinski definition) is 1. The Morgan fingerprint density at radius 3 is 2.80 bits per heavy atom. The summed E-state index contributed by atoms with van der Waals surface area (Å²) in [6, 6.07) is 9.92. The number of benzene rings is 1. The number of aromatic amines is 1. The molecule has 0 fully saturated rings. The molecule has 128 valence electrons. The van der Waals surface area contributed by atoms with E-state index in [1.165, 1.54) is 0 Å². The summed E-state index contributed by atoms with van der Waals surface area (Å²) in [5.41, 5.74) is 2.06. The van der Waals surface area contributed by atoms with Crippen molar-refractivity contribution < 1.29 is 0 Å².